The molecule has 0 spiro atoms. The lowest BCUT2D eigenvalue weighted by Crippen LogP contribution is -2.47. The van der Waals surface area contributed by atoms with Gasteiger partial charge in [-0.05, 0) is 41.8 Å². The van der Waals surface area contributed by atoms with Gasteiger partial charge in [0.15, 0.2) is 0 Å². The summed E-state index contributed by atoms with van der Waals surface area (Å²) in [5, 5.41) is 2.50. The molecule has 0 atom stereocenters. The predicted molar refractivity (Wildman–Crippen MR) is 101 cm³/mol. The van der Waals surface area contributed by atoms with Gasteiger partial charge in [-0.25, -0.2) is 9.97 Å². The molecule has 6 heteroatoms. The van der Waals surface area contributed by atoms with Crippen molar-refractivity contribution in [1.82, 2.24) is 9.97 Å². The highest BCUT2D eigenvalue weighted by atomic mass is 35.5. The van der Waals surface area contributed by atoms with Crippen molar-refractivity contribution in [2.24, 2.45) is 5.41 Å². The number of pyridine rings is 2. The summed E-state index contributed by atoms with van der Waals surface area (Å²) >= 11 is 5.96. The molecule has 4 rings (SSSR count). The topological polar surface area (TPSA) is 64.3 Å². The van der Waals surface area contributed by atoms with Crippen LogP contribution in [0.3, 0.4) is 0 Å². The number of hydrogen-bond donors (Lipinski definition) is 1. The zero-order valence-corrected chi connectivity index (χ0v) is 14.7. The lowest BCUT2D eigenvalue weighted by Gasteiger charge is -2.42. The molecule has 0 radical (unpaired) electrons. The van der Waals surface area contributed by atoms with Crippen molar-refractivity contribution >= 4 is 39.6 Å². The first-order chi connectivity index (χ1) is 12.0. The number of benzene rings is 1. The second kappa shape index (κ2) is 6.17. The minimum absolute atomic E-state index is 0.117. The van der Waals surface area contributed by atoms with Crippen LogP contribution < -0.4 is 10.6 Å². The number of halogens is 1. The summed E-state index contributed by atoms with van der Waals surface area (Å²) in [7, 11) is 0. The Labute approximate surface area is 151 Å². The standard InChI is InChI=1S/C19H19ClN4O/c1-19(11-25-12-19)10-24(15-3-5-17(20)23-9-15)14-2-4-16-13(8-14)6-7-22-18(16)21/h2-9H,10-12H2,1H3,(H2,21,22). The van der Waals surface area contributed by atoms with Crippen molar-refractivity contribution in [2.45, 2.75) is 6.92 Å². The van der Waals surface area contributed by atoms with Crippen molar-refractivity contribution in [2.75, 3.05) is 30.4 Å². The van der Waals surface area contributed by atoms with E-state index in [-0.39, 0.29) is 5.41 Å². The van der Waals surface area contributed by atoms with E-state index in [1.807, 2.05) is 24.3 Å². The maximum atomic E-state index is 5.98. The van der Waals surface area contributed by atoms with E-state index < -0.39 is 0 Å². The highest BCUT2D eigenvalue weighted by molar-refractivity contribution is 6.29. The maximum absolute atomic E-state index is 5.98. The van der Waals surface area contributed by atoms with E-state index in [0.717, 1.165) is 41.9 Å². The fourth-order valence-electron chi connectivity index (χ4n) is 3.14. The zero-order valence-electron chi connectivity index (χ0n) is 13.9. The number of rotatable bonds is 4. The van der Waals surface area contributed by atoms with Crippen molar-refractivity contribution in [3.8, 4) is 0 Å². The van der Waals surface area contributed by atoms with Gasteiger partial charge in [-0.1, -0.05) is 18.5 Å². The second-order valence-corrected chi connectivity index (χ2v) is 7.22. The van der Waals surface area contributed by atoms with E-state index in [9.17, 15) is 0 Å². The zero-order chi connectivity index (χ0) is 17.4. The molecule has 1 aliphatic rings. The quantitative estimate of drug-likeness (QED) is 0.716. The Bertz CT molecular complexity index is 909. The molecule has 0 bridgehead atoms. The molecule has 1 aliphatic heterocycles. The maximum Gasteiger partial charge on any atom is 0.131 e. The molecule has 3 aromatic rings. The molecule has 1 aromatic carbocycles. The van der Waals surface area contributed by atoms with Crippen molar-refractivity contribution in [1.29, 1.82) is 0 Å². The Morgan fingerprint density at radius 1 is 1.16 bits per heavy atom. The predicted octanol–water partition coefficient (Wildman–Crippen LogP) is 4.04. The van der Waals surface area contributed by atoms with Gasteiger partial charge in [-0.2, -0.15) is 0 Å². The smallest absolute Gasteiger partial charge is 0.131 e. The molecular weight excluding hydrogens is 336 g/mol. The Kier molecular flexibility index (Phi) is 3.98. The summed E-state index contributed by atoms with van der Waals surface area (Å²) in [5.41, 5.74) is 8.17. The Morgan fingerprint density at radius 3 is 2.64 bits per heavy atom. The van der Waals surface area contributed by atoms with E-state index in [2.05, 4.69) is 33.9 Å². The van der Waals surface area contributed by atoms with Gasteiger partial charge in [-0.3, -0.25) is 0 Å². The summed E-state index contributed by atoms with van der Waals surface area (Å²) in [6.07, 6.45) is 3.53. The van der Waals surface area contributed by atoms with Gasteiger partial charge in [0, 0.05) is 29.2 Å². The molecule has 1 fully saturated rings. The number of fused-ring (bicyclic) bond motifs is 1. The number of nitrogens with zero attached hydrogens (tertiary/aromatic N) is 3. The van der Waals surface area contributed by atoms with Crippen molar-refractivity contribution in [3.05, 3.63) is 53.9 Å². The minimum atomic E-state index is 0.117. The summed E-state index contributed by atoms with van der Waals surface area (Å²) in [4.78, 5) is 10.6. The van der Waals surface area contributed by atoms with Crippen LogP contribution in [-0.4, -0.2) is 29.7 Å². The molecule has 2 N–H and O–H groups in total. The summed E-state index contributed by atoms with van der Waals surface area (Å²) < 4.78 is 5.43. The molecular formula is C19H19ClN4O. The van der Waals surface area contributed by atoms with Crippen LogP contribution >= 0.6 is 11.6 Å². The Hall–Kier alpha value is -2.37. The second-order valence-electron chi connectivity index (χ2n) is 6.83. The summed E-state index contributed by atoms with van der Waals surface area (Å²) in [6, 6.07) is 12.0. The molecule has 0 unspecified atom stereocenters. The number of anilines is 3. The summed E-state index contributed by atoms with van der Waals surface area (Å²) in [5.74, 6) is 0.545. The third-order valence-corrected chi connectivity index (χ3v) is 4.78. The molecule has 5 nitrogen and oxygen atoms in total. The van der Waals surface area contributed by atoms with Crippen LogP contribution in [0.15, 0.2) is 48.8 Å². The van der Waals surface area contributed by atoms with Crippen LogP contribution in [0.1, 0.15) is 6.92 Å². The normalized spacial score (nSPS) is 15.8. The van der Waals surface area contributed by atoms with Gasteiger partial charge in [0.25, 0.3) is 0 Å². The van der Waals surface area contributed by atoms with Crippen molar-refractivity contribution in [3.63, 3.8) is 0 Å². The first-order valence-corrected chi connectivity index (χ1v) is 8.53. The number of nitrogens with two attached hydrogens (primary N) is 1. The largest absolute Gasteiger partial charge is 0.383 e. The van der Waals surface area contributed by atoms with Gasteiger partial charge in [-0.15, -0.1) is 0 Å². The van der Waals surface area contributed by atoms with Crippen LogP contribution in [0.25, 0.3) is 10.8 Å². The molecule has 25 heavy (non-hydrogen) atoms. The monoisotopic (exact) mass is 354 g/mol. The van der Waals surface area contributed by atoms with Gasteiger partial charge in [0.2, 0.25) is 0 Å². The van der Waals surface area contributed by atoms with Crippen LogP contribution in [-0.2, 0) is 4.74 Å². The van der Waals surface area contributed by atoms with E-state index in [1.165, 1.54) is 0 Å². The van der Waals surface area contributed by atoms with Crippen LogP contribution in [0.2, 0.25) is 5.15 Å². The lowest BCUT2D eigenvalue weighted by molar-refractivity contribution is -0.0946. The first-order valence-electron chi connectivity index (χ1n) is 8.15. The molecule has 0 amide bonds. The van der Waals surface area contributed by atoms with Crippen LogP contribution in [0, 0.1) is 5.41 Å². The highest BCUT2D eigenvalue weighted by Crippen LogP contribution is 2.35. The Morgan fingerprint density at radius 2 is 1.96 bits per heavy atom. The van der Waals surface area contributed by atoms with Crippen molar-refractivity contribution < 1.29 is 4.74 Å². The van der Waals surface area contributed by atoms with Gasteiger partial charge in [0.1, 0.15) is 11.0 Å². The molecule has 128 valence electrons. The summed E-state index contributed by atoms with van der Waals surface area (Å²) in [6.45, 7) is 4.59. The third kappa shape index (κ3) is 3.13. The van der Waals surface area contributed by atoms with Crippen LogP contribution in [0.4, 0.5) is 17.2 Å². The third-order valence-electron chi connectivity index (χ3n) is 4.55. The highest BCUT2D eigenvalue weighted by Gasteiger charge is 2.36. The molecule has 2 aromatic heterocycles. The first kappa shape index (κ1) is 16.1. The van der Waals surface area contributed by atoms with Crippen LogP contribution in [0.5, 0.6) is 0 Å². The number of ether oxygens (including phenoxy) is 1. The van der Waals surface area contributed by atoms with Gasteiger partial charge in [0.05, 0.1) is 25.1 Å². The number of aromatic nitrogens is 2. The SMILES string of the molecule is CC1(CN(c2ccc(Cl)nc2)c2ccc3c(N)nccc3c2)COC1. The average molecular weight is 355 g/mol. The fourth-order valence-corrected chi connectivity index (χ4v) is 3.25. The van der Waals surface area contributed by atoms with E-state index in [0.29, 0.717) is 11.0 Å². The van der Waals surface area contributed by atoms with E-state index >= 15 is 0 Å². The van der Waals surface area contributed by atoms with Gasteiger partial charge >= 0.3 is 0 Å². The lowest BCUT2D eigenvalue weighted by atomic mass is 9.87. The molecule has 0 aliphatic carbocycles. The van der Waals surface area contributed by atoms with E-state index in [1.54, 1.807) is 12.4 Å². The Balaban J connectivity index is 1.78. The molecule has 1 saturated heterocycles. The minimum Gasteiger partial charge on any atom is -0.383 e. The molecule has 3 heterocycles. The van der Waals surface area contributed by atoms with Gasteiger partial charge < -0.3 is 15.4 Å². The van der Waals surface area contributed by atoms with E-state index in [4.69, 9.17) is 22.1 Å². The number of hydrogen-bond acceptors (Lipinski definition) is 5. The number of nitrogen functional groups attached to an aromatic ring is 1. The fraction of sp³-hybridized carbons (Fsp3) is 0.263. The molecule has 0 saturated carbocycles. The average Bonchev–Trinajstić information content (AvgIpc) is 2.59.